The number of nitrogens with one attached hydrogen (secondary N) is 1. The SMILES string of the molecule is O=C(NCc1ccn2ccnc2c1)c1ccc(C2CCN(C(=O)c3ccc(F)cc3F)CC2)cc1. The molecule has 1 fully saturated rings. The maximum absolute atomic E-state index is 14.0. The maximum atomic E-state index is 14.0. The van der Waals surface area contributed by atoms with Crippen molar-refractivity contribution in [3.05, 3.63) is 107 Å². The molecule has 0 spiro atoms. The van der Waals surface area contributed by atoms with E-state index in [1.807, 2.05) is 53.2 Å². The van der Waals surface area contributed by atoms with Gasteiger partial charge in [0.2, 0.25) is 0 Å². The van der Waals surface area contributed by atoms with Gasteiger partial charge < -0.3 is 14.6 Å². The summed E-state index contributed by atoms with van der Waals surface area (Å²) in [6, 6.07) is 14.4. The number of hydrogen-bond acceptors (Lipinski definition) is 3. The number of carbonyl (C=O) groups excluding carboxylic acids is 2. The lowest BCUT2D eigenvalue weighted by Gasteiger charge is -2.32. The molecule has 0 atom stereocenters. The van der Waals surface area contributed by atoms with Crippen LogP contribution in [0, 0.1) is 11.6 Å². The van der Waals surface area contributed by atoms with E-state index >= 15 is 0 Å². The Hall–Kier alpha value is -4.07. The van der Waals surface area contributed by atoms with Crippen molar-refractivity contribution in [3.63, 3.8) is 0 Å². The van der Waals surface area contributed by atoms with Crippen LogP contribution in [-0.2, 0) is 6.54 Å². The van der Waals surface area contributed by atoms with Crippen LogP contribution in [0.3, 0.4) is 0 Å². The van der Waals surface area contributed by atoms with Crippen molar-refractivity contribution in [1.29, 1.82) is 0 Å². The van der Waals surface area contributed by atoms with E-state index < -0.39 is 17.5 Å². The number of likely N-dealkylation sites (tertiary alicyclic amines) is 1. The number of pyridine rings is 1. The largest absolute Gasteiger partial charge is 0.348 e. The molecule has 2 aromatic heterocycles. The minimum atomic E-state index is -0.840. The number of imidazole rings is 1. The average molecular weight is 475 g/mol. The van der Waals surface area contributed by atoms with Crippen molar-refractivity contribution in [3.8, 4) is 0 Å². The van der Waals surface area contributed by atoms with Gasteiger partial charge in [-0.1, -0.05) is 12.1 Å². The van der Waals surface area contributed by atoms with Gasteiger partial charge in [0.1, 0.15) is 17.3 Å². The van der Waals surface area contributed by atoms with Crippen molar-refractivity contribution < 1.29 is 18.4 Å². The Morgan fingerprint density at radius 1 is 0.971 bits per heavy atom. The fourth-order valence-corrected chi connectivity index (χ4v) is 4.50. The summed E-state index contributed by atoms with van der Waals surface area (Å²) in [6.07, 6.45) is 6.97. The van der Waals surface area contributed by atoms with Crippen LogP contribution in [-0.4, -0.2) is 39.2 Å². The number of rotatable bonds is 5. The van der Waals surface area contributed by atoms with Crippen LogP contribution in [0.1, 0.15) is 50.6 Å². The van der Waals surface area contributed by atoms with E-state index in [4.69, 9.17) is 0 Å². The molecule has 2 aromatic carbocycles. The zero-order valence-corrected chi connectivity index (χ0v) is 19.0. The third-order valence-corrected chi connectivity index (χ3v) is 6.50. The summed E-state index contributed by atoms with van der Waals surface area (Å²) in [4.78, 5) is 31.1. The lowest BCUT2D eigenvalue weighted by atomic mass is 9.88. The van der Waals surface area contributed by atoms with Crippen molar-refractivity contribution in [2.45, 2.75) is 25.3 Å². The van der Waals surface area contributed by atoms with Gasteiger partial charge in [-0.3, -0.25) is 9.59 Å². The van der Waals surface area contributed by atoms with Gasteiger partial charge >= 0.3 is 0 Å². The molecule has 1 aliphatic rings. The van der Waals surface area contributed by atoms with Gasteiger partial charge in [-0.2, -0.15) is 0 Å². The molecule has 0 radical (unpaired) electrons. The summed E-state index contributed by atoms with van der Waals surface area (Å²) in [5, 5.41) is 2.94. The van der Waals surface area contributed by atoms with Crippen LogP contribution in [0.5, 0.6) is 0 Å². The molecule has 1 saturated heterocycles. The molecule has 178 valence electrons. The van der Waals surface area contributed by atoms with E-state index in [0.29, 0.717) is 25.2 Å². The molecule has 0 unspecified atom stereocenters. The van der Waals surface area contributed by atoms with Crippen LogP contribution in [0.15, 0.2) is 73.2 Å². The lowest BCUT2D eigenvalue weighted by molar-refractivity contribution is 0.0708. The Labute approximate surface area is 201 Å². The molecular formula is C27H24F2N4O2. The van der Waals surface area contributed by atoms with E-state index in [9.17, 15) is 18.4 Å². The number of amides is 2. The zero-order valence-electron chi connectivity index (χ0n) is 19.0. The monoisotopic (exact) mass is 474 g/mol. The van der Waals surface area contributed by atoms with Crippen molar-refractivity contribution in [2.75, 3.05) is 13.1 Å². The lowest BCUT2D eigenvalue weighted by Crippen LogP contribution is -2.38. The Bertz CT molecular complexity index is 1380. The topological polar surface area (TPSA) is 66.7 Å². The van der Waals surface area contributed by atoms with Gasteiger partial charge in [0.15, 0.2) is 0 Å². The molecule has 3 heterocycles. The second kappa shape index (κ2) is 9.66. The van der Waals surface area contributed by atoms with Gasteiger partial charge in [-0.15, -0.1) is 0 Å². The van der Waals surface area contributed by atoms with Gasteiger partial charge in [-0.05, 0) is 66.3 Å². The molecule has 4 aromatic rings. The summed E-state index contributed by atoms with van der Waals surface area (Å²) in [5.41, 5.74) is 3.37. The predicted octanol–water partition coefficient (Wildman–Crippen LogP) is 4.56. The van der Waals surface area contributed by atoms with Gasteiger partial charge in [0, 0.05) is 49.9 Å². The number of carbonyl (C=O) groups is 2. The van der Waals surface area contributed by atoms with Gasteiger partial charge in [0.25, 0.3) is 11.8 Å². The summed E-state index contributed by atoms with van der Waals surface area (Å²) in [5.74, 6) is -1.87. The van der Waals surface area contributed by atoms with E-state index in [-0.39, 0.29) is 17.4 Å². The van der Waals surface area contributed by atoms with E-state index in [1.165, 1.54) is 6.07 Å². The molecule has 0 saturated carbocycles. The smallest absolute Gasteiger partial charge is 0.256 e. The molecule has 0 aliphatic carbocycles. The molecule has 0 bridgehead atoms. The van der Waals surface area contributed by atoms with Crippen LogP contribution >= 0.6 is 0 Å². The number of hydrogen-bond donors (Lipinski definition) is 1. The summed E-state index contributed by atoms with van der Waals surface area (Å²) in [6.45, 7) is 1.39. The number of piperidine rings is 1. The van der Waals surface area contributed by atoms with Crippen molar-refractivity contribution in [2.24, 2.45) is 0 Å². The minimum Gasteiger partial charge on any atom is -0.348 e. The first-order valence-electron chi connectivity index (χ1n) is 11.5. The second-order valence-corrected chi connectivity index (χ2v) is 8.72. The predicted molar refractivity (Wildman–Crippen MR) is 127 cm³/mol. The number of halogens is 2. The second-order valence-electron chi connectivity index (χ2n) is 8.72. The normalized spacial score (nSPS) is 14.3. The Balaban J connectivity index is 1.15. The standard InChI is InChI=1S/C27H24F2N4O2/c28-22-5-6-23(24(29)16-22)27(35)33-12-8-20(9-13-33)19-1-3-21(4-2-19)26(34)31-17-18-7-11-32-14-10-30-25(32)15-18/h1-7,10-11,14-16,20H,8-9,12-13,17H2,(H,31,34). The van der Waals surface area contributed by atoms with Crippen LogP contribution in [0.2, 0.25) is 0 Å². The number of fused-ring (bicyclic) bond motifs is 1. The van der Waals surface area contributed by atoms with Crippen LogP contribution in [0.4, 0.5) is 8.78 Å². The highest BCUT2D eigenvalue weighted by Gasteiger charge is 2.26. The highest BCUT2D eigenvalue weighted by Crippen LogP contribution is 2.29. The van der Waals surface area contributed by atoms with E-state index in [1.54, 1.807) is 11.1 Å². The minimum absolute atomic E-state index is 0.107. The molecule has 2 amide bonds. The first kappa shape index (κ1) is 22.7. The van der Waals surface area contributed by atoms with E-state index in [2.05, 4.69) is 10.3 Å². The third kappa shape index (κ3) is 4.91. The van der Waals surface area contributed by atoms with Crippen LogP contribution < -0.4 is 5.32 Å². The fourth-order valence-electron chi connectivity index (χ4n) is 4.50. The Morgan fingerprint density at radius 2 is 1.74 bits per heavy atom. The summed E-state index contributed by atoms with van der Waals surface area (Å²) in [7, 11) is 0. The Morgan fingerprint density at radius 3 is 2.49 bits per heavy atom. The first-order chi connectivity index (χ1) is 17.0. The highest BCUT2D eigenvalue weighted by molar-refractivity contribution is 5.95. The molecule has 1 aliphatic heterocycles. The fraction of sp³-hybridized carbons (Fsp3) is 0.222. The first-order valence-corrected chi connectivity index (χ1v) is 11.5. The van der Waals surface area contributed by atoms with Crippen LogP contribution in [0.25, 0.3) is 5.65 Å². The van der Waals surface area contributed by atoms with Gasteiger partial charge in [-0.25, -0.2) is 13.8 Å². The number of benzene rings is 2. The van der Waals surface area contributed by atoms with E-state index in [0.717, 1.165) is 41.7 Å². The summed E-state index contributed by atoms with van der Waals surface area (Å²) >= 11 is 0. The molecule has 35 heavy (non-hydrogen) atoms. The highest BCUT2D eigenvalue weighted by atomic mass is 19.1. The molecular weight excluding hydrogens is 450 g/mol. The van der Waals surface area contributed by atoms with Gasteiger partial charge in [0.05, 0.1) is 5.56 Å². The molecule has 5 rings (SSSR count). The Kier molecular flexibility index (Phi) is 6.27. The maximum Gasteiger partial charge on any atom is 0.256 e. The van der Waals surface area contributed by atoms with Crippen molar-refractivity contribution >= 4 is 17.5 Å². The number of aromatic nitrogens is 2. The average Bonchev–Trinajstić information content (AvgIpc) is 3.35. The van der Waals surface area contributed by atoms with Crippen molar-refractivity contribution in [1.82, 2.24) is 19.6 Å². The molecule has 8 heteroatoms. The zero-order chi connectivity index (χ0) is 24.4. The quantitative estimate of drug-likeness (QED) is 0.461. The molecule has 6 nitrogen and oxygen atoms in total. The number of nitrogens with zero attached hydrogens (tertiary/aromatic N) is 3. The summed E-state index contributed by atoms with van der Waals surface area (Å²) < 4.78 is 29.0. The third-order valence-electron chi connectivity index (χ3n) is 6.50. The molecule has 1 N–H and O–H groups in total.